The van der Waals surface area contributed by atoms with Gasteiger partial charge in [0.1, 0.15) is 0 Å². The first-order valence-corrected chi connectivity index (χ1v) is 6.71. The number of para-hydroxylation sites is 1. The molecular formula is C18H17ClN2. The normalized spacial score (nSPS) is 11.2. The molecule has 0 aliphatic carbocycles. The molecule has 1 aromatic heterocycles. The van der Waals surface area contributed by atoms with Crippen molar-refractivity contribution in [3.05, 3.63) is 78.0 Å². The van der Waals surface area contributed by atoms with Gasteiger partial charge in [-0.2, -0.15) is 0 Å². The lowest BCUT2D eigenvalue weighted by atomic mass is 10.1. The molecule has 1 heterocycles. The summed E-state index contributed by atoms with van der Waals surface area (Å²) in [5, 5.41) is 1.22. The zero-order chi connectivity index (χ0) is 13.6. The standard InChI is InChI=1S/C18H16N2.ClH/c1-2-6-15(7-3-1)8-5-12-19-14-17-10-4-9-16-11-13-20-18(16)17;/h1-11,13-14,20H,12H2;1H/b8-5+,19-14?;. The van der Waals surface area contributed by atoms with E-state index in [0.29, 0.717) is 6.54 Å². The van der Waals surface area contributed by atoms with Gasteiger partial charge < -0.3 is 4.98 Å². The van der Waals surface area contributed by atoms with Crippen LogP contribution in [0.25, 0.3) is 17.0 Å². The minimum atomic E-state index is 0. The molecule has 21 heavy (non-hydrogen) atoms. The zero-order valence-corrected chi connectivity index (χ0v) is 12.4. The summed E-state index contributed by atoms with van der Waals surface area (Å²) in [6.45, 7) is 0.686. The van der Waals surface area contributed by atoms with Crippen molar-refractivity contribution in [2.45, 2.75) is 0 Å². The molecule has 0 fully saturated rings. The molecule has 2 aromatic carbocycles. The number of H-pyrrole nitrogens is 1. The van der Waals surface area contributed by atoms with Crippen LogP contribution in [0.15, 0.2) is 71.9 Å². The predicted octanol–water partition coefficient (Wildman–Crippen LogP) is 4.72. The topological polar surface area (TPSA) is 28.1 Å². The van der Waals surface area contributed by atoms with Gasteiger partial charge in [-0.1, -0.05) is 60.7 Å². The summed E-state index contributed by atoms with van der Waals surface area (Å²) in [5.74, 6) is 0. The molecule has 0 amide bonds. The Morgan fingerprint density at radius 1 is 0.952 bits per heavy atom. The van der Waals surface area contributed by atoms with Crippen LogP contribution in [-0.2, 0) is 0 Å². The average molecular weight is 297 g/mol. The third-order valence-corrected chi connectivity index (χ3v) is 3.17. The lowest BCUT2D eigenvalue weighted by Crippen LogP contribution is -1.84. The van der Waals surface area contributed by atoms with E-state index in [1.165, 1.54) is 10.9 Å². The number of hydrogen-bond donors (Lipinski definition) is 1. The van der Waals surface area contributed by atoms with E-state index in [4.69, 9.17) is 0 Å². The van der Waals surface area contributed by atoms with Crippen LogP contribution in [0, 0.1) is 0 Å². The van der Waals surface area contributed by atoms with E-state index in [9.17, 15) is 0 Å². The third kappa shape index (κ3) is 3.83. The largest absolute Gasteiger partial charge is 0.361 e. The highest BCUT2D eigenvalue weighted by atomic mass is 35.5. The number of hydrogen-bond acceptors (Lipinski definition) is 1. The van der Waals surface area contributed by atoms with E-state index < -0.39 is 0 Å². The van der Waals surface area contributed by atoms with Crippen LogP contribution in [0.3, 0.4) is 0 Å². The highest BCUT2D eigenvalue weighted by molar-refractivity contribution is 5.97. The van der Waals surface area contributed by atoms with E-state index >= 15 is 0 Å². The van der Waals surface area contributed by atoms with Crippen molar-refractivity contribution in [2.24, 2.45) is 4.99 Å². The molecule has 1 N–H and O–H groups in total. The molecule has 0 saturated heterocycles. The molecule has 0 bridgehead atoms. The fourth-order valence-corrected chi connectivity index (χ4v) is 2.18. The van der Waals surface area contributed by atoms with Gasteiger partial charge in [-0.05, 0) is 11.6 Å². The molecule has 106 valence electrons. The number of fused-ring (bicyclic) bond motifs is 1. The molecule has 3 aromatic rings. The Balaban J connectivity index is 0.00000161. The Kier molecular flexibility index (Phi) is 5.35. The second-order valence-corrected chi connectivity index (χ2v) is 4.60. The van der Waals surface area contributed by atoms with Crippen LogP contribution in [0.5, 0.6) is 0 Å². The maximum Gasteiger partial charge on any atom is 0.0573 e. The summed E-state index contributed by atoms with van der Waals surface area (Å²) in [7, 11) is 0. The number of aliphatic imine (C=N–C) groups is 1. The van der Waals surface area contributed by atoms with Crippen molar-refractivity contribution >= 4 is 35.6 Å². The summed E-state index contributed by atoms with van der Waals surface area (Å²) in [6, 6.07) is 18.6. The Bertz CT molecular complexity index is 742. The minimum absolute atomic E-state index is 0. The molecule has 0 radical (unpaired) electrons. The number of halogens is 1. The molecule has 0 spiro atoms. The van der Waals surface area contributed by atoms with E-state index in [-0.39, 0.29) is 12.4 Å². The molecule has 3 rings (SSSR count). The molecular weight excluding hydrogens is 280 g/mol. The number of benzene rings is 2. The maximum absolute atomic E-state index is 4.45. The fourth-order valence-electron chi connectivity index (χ4n) is 2.18. The summed E-state index contributed by atoms with van der Waals surface area (Å²) < 4.78 is 0. The molecule has 3 heteroatoms. The minimum Gasteiger partial charge on any atom is -0.361 e. The Morgan fingerprint density at radius 2 is 1.81 bits per heavy atom. The van der Waals surface area contributed by atoms with Crippen molar-refractivity contribution < 1.29 is 0 Å². The lowest BCUT2D eigenvalue weighted by molar-refractivity contribution is 1.26. The molecule has 0 unspecified atom stereocenters. The summed E-state index contributed by atoms with van der Waals surface area (Å²) >= 11 is 0. The van der Waals surface area contributed by atoms with Crippen LogP contribution in [0.1, 0.15) is 11.1 Å². The van der Waals surface area contributed by atoms with Gasteiger partial charge in [0.15, 0.2) is 0 Å². The van der Waals surface area contributed by atoms with Crippen molar-refractivity contribution in [3.8, 4) is 0 Å². The maximum atomic E-state index is 4.45. The number of aromatic nitrogens is 1. The van der Waals surface area contributed by atoms with Gasteiger partial charge >= 0.3 is 0 Å². The average Bonchev–Trinajstić information content (AvgIpc) is 2.97. The first kappa shape index (κ1) is 15.1. The summed E-state index contributed by atoms with van der Waals surface area (Å²) in [4.78, 5) is 7.70. The molecule has 0 saturated carbocycles. The smallest absolute Gasteiger partial charge is 0.0573 e. The highest BCUT2D eigenvalue weighted by Crippen LogP contribution is 2.15. The van der Waals surface area contributed by atoms with Crippen molar-refractivity contribution in [3.63, 3.8) is 0 Å². The quantitative estimate of drug-likeness (QED) is 0.675. The monoisotopic (exact) mass is 296 g/mol. The first-order valence-electron chi connectivity index (χ1n) is 6.71. The Hall–Kier alpha value is -2.32. The number of nitrogens with zero attached hydrogens (tertiary/aromatic N) is 1. The third-order valence-electron chi connectivity index (χ3n) is 3.17. The molecule has 0 aliphatic rings. The highest BCUT2D eigenvalue weighted by Gasteiger charge is 1.97. The predicted molar refractivity (Wildman–Crippen MR) is 93.5 cm³/mol. The number of nitrogens with one attached hydrogen (secondary N) is 1. The van der Waals surface area contributed by atoms with Gasteiger partial charge in [-0.25, -0.2) is 0 Å². The lowest BCUT2D eigenvalue weighted by Gasteiger charge is -1.95. The molecule has 0 atom stereocenters. The van der Waals surface area contributed by atoms with Crippen molar-refractivity contribution in [1.29, 1.82) is 0 Å². The fraction of sp³-hybridized carbons (Fsp3) is 0.0556. The Morgan fingerprint density at radius 3 is 2.67 bits per heavy atom. The SMILES string of the molecule is C(=NC/C=C/c1ccccc1)c1cccc2cc[nH]c12.Cl. The van der Waals surface area contributed by atoms with Crippen LogP contribution >= 0.6 is 12.4 Å². The molecule has 0 aliphatic heterocycles. The van der Waals surface area contributed by atoms with Gasteiger partial charge in [-0.3, -0.25) is 4.99 Å². The van der Waals surface area contributed by atoms with Gasteiger partial charge in [0, 0.05) is 23.4 Å². The second kappa shape index (κ2) is 7.46. The van der Waals surface area contributed by atoms with E-state index in [1.807, 2.05) is 30.6 Å². The van der Waals surface area contributed by atoms with Crippen LogP contribution in [-0.4, -0.2) is 17.7 Å². The summed E-state index contributed by atoms with van der Waals surface area (Å²) in [5.41, 5.74) is 3.47. The van der Waals surface area contributed by atoms with Crippen LogP contribution in [0.2, 0.25) is 0 Å². The van der Waals surface area contributed by atoms with Gasteiger partial charge in [0.2, 0.25) is 0 Å². The van der Waals surface area contributed by atoms with Gasteiger partial charge in [-0.15, -0.1) is 12.4 Å². The molecule has 2 nitrogen and oxygen atoms in total. The van der Waals surface area contributed by atoms with Crippen LogP contribution in [0.4, 0.5) is 0 Å². The van der Waals surface area contributed by atoms with Crippen molar-refractivity contribution in [2.75, 3.05) is 6.54 Å². The van der Waals surface area contributed by atoms with Crippen LogP contribution < -0.4 is 0 Å². The number of rotatable bonds is 4. The summed E-state index contributed by atoms with van der Waals surface area (Å²) in [6.07, 6.45) is 8.04. The van der Waals surface area contributed by atoms with Gasteiger partial charge in [0.05, 0.1) is 12.1 Å². The number of aromatic amines is 1. The van der Waals surface area contributed by atoms with Crippen molar-refractivity contribution in [1.82, 2.24) is 4.98 Å². The second-order valence-electron chi connectivity index (χ2n) is 4.60. The van der Waals surface area contributed by atoms with E-state index in [0.717, 1.165) is 11.1 Å². The zero-order valence-electron chi connectivity index (χ0n) is 11.6. The van der Waals surface area contributed by atoms with E-state index in [1.54, 1.807) is 0 Å². The van der Waals surface area contributed by atoms with E-state index in [2.05, 4.69) is 58.5 Å². The first-order chi connectivity index (χ1) is 9.93. The van der Waals surface area contributed by atoms with Gasteiger partial charge in [0.25, 0.3) is 0 Å². The Labute approximate surface area is 130 Å².